The number of hydrogen-bond acceptors (Lipinski definition) is 4. The van der Waals surface area contributed by atoms with Gasteiger partial charge in [-0.25, -0.2) is 0 Å². The fraction of sp³-hybridized carbons (Fsp3) is 0.788. The molecule has 0 aromatic carbocycles. The Morgan fingerprint density at radius 1 is 0.448 bits per heavy atom. The molecule has 1 atom stereocenters. The molecule has 6 heteroatoms. The van der Waals surface area contributed by atoms with E-state index >= 15 is 0 Å². The van der Waals surface area contributed by atoms with Crippen LogP contribution in [0.4, 0.5) is 0 Å². The average molecular weight is 812 g/mol. The average Bonchev–Trinajstić information content (AvgIpc) is 3.21. The third-order valence-corrected chi connectivity index (χ3v) is 11.0. The van der Waals surface area contributed by atoms with Gasteiger partial charge >= 0.3 is 11.9 Å². The largest absolute Gasteiger partial charge is 0.480 e. The van der Waals surface area contributed by atoms with Gasteiger partial charge in [0.15, 0.2) is 0 Å². The summed E-state index contributed by atoms with van der Waals surface area (Å²) in [4.78, 5) is 35.1. The van der Waals surface area contributed by atoms with Crippen LogP contribution in [0.25, 0.3) is 0 Å². The van der Waals surface area contributed by atoms with Crippen molar-refractivity contribution >= 4 is 17.8 Å². The zero-order chi connectivity index (χ0) is 42.3. The Kier molecular flexibility index (Phi) is 44.9. The Morgan fingerprint density at radius 2 is 0.810 bits per heavy atom. The molecule has 0 bridgehead atoms. The monoisotopic (exact) mass is 812 g/mol. The molecule has 0 radical (unpaired) electrons. The lowest BCUT2D eigenvalue weighted by Crippen LogP contribution is -2.28. The standard InChI is InChI=1S/C52H93NO5/c1-3-5-7-9-11-13-15-17-18-19-20-21-22-23-24-25-26-28-30-32-34-39-43-47-52(57)58-49(45-41-37-35-38-42-46-50(54)53-48-51(55)56)44-40-36-33-31-29-27-16-14-12-10-8-6-4-2/h15-17,19-20,27,31,33,49H,3-14,18,21-26,28-30,32,34-48H2,1-2H3,(H,53,54)(H,55,56)/b17-15-,20-19-,27-16-,33-31-. The zero-order valence-electron chi connectivity index (χ0n) is 38.1. The first-order chi connectivity index (χ1) is 28.5. The Bertz CT molecular complexity index is 1030. The number of rotatable bonds is 45. The van der Waals surface area contributed by atoms with Crippen LogP contribution in [0.15, 0.2) is 48.6 Å². The molecule has 0 heterocycles. The lowest BCUT2D eigenvalue weighted by atomic mass is 10.0. The third-order valence-electron chi connectivity index (χ3n) is 11.0. The fourth-order valence-corrected chi connectivity index (χ4v) is 7.29. The summed E-state index contributed by atoms with van der Waals surface area (Å²) in [6.45, 7) is 4.21. The number of carbonyl (C=O) groups excluding carboxylic acids is 2. The van der Waals surface area contributed by atoms with E-state index < -0.39 is 5.97 Å². The summed E-state index contributed by atoms with van der Waals surface area (Å²) in [6.07, 6.45) is 61.1. The van der Waals surface area contributed by atoms with Gasteiger partial charge in [0.1, 0.15) is 12.6 Å². The van der Waals surface area contributed by atoms with Crippen molar-refractivity contribution in [2.45, 2.75) is 258 Å². The quantitative estimate of drug-likeness (QED) is 0.0363. The van der Waals surface area contributed by atoms with E-state index in [0.29, 0.717) is 12.8 Å². The summed E-state index contributed by atoms with van der Waals surface area (Å²) >= 11 is 0. The van der Waals surface area contributed by atoms with Crippen LogP contribution in [0.2, 0.25) is 0 Å². The van der Waals surface area contributed by atoms with Gasteiger partial charge in [-0.3, -0.25) is 14.4 Å². The highest BCUT2D eigenvalue weighted by Crippen LogP contribution is 2.18. The van der Waals surface area contributed by atoms with Crippen molar-refractivity contribution in [3.8, 4) is 0 Å². The predicted molar refractivity (Wildman–Crippen MR) is 249 cm³/mol. The first kappa shape index (κ1) is 55.4. The molecule has 0 spiro atoms. The minimum atomic E-state index is -1.02. The number of allylic oxidation sites excluding steroid dienone is 8. The van der Waals surface area contributed by atoms with Gasteiger partial charge in [-0.05, 0) is 96.3 Å². The van der Waals surface area contributed by atoms with Gasteiger partial charge in [-0.15, -0.1) is 0 Å². The van der Waals surface area contributed by atoms with Crippen LogP contribution in [0.1, 0.15) is 251 Å². The van der Waals surface area contributed by atoms with Crippen LogP contribution in [0, 0.1) is 0 Å². The van der Waals surface area contributed by atoms with E-state index in [-0.39, 0.29) is 24.5 Å². The number of carboxylic acid groups (broad SMARTS) is 1. The molecule has 1 amide bonds. The number of aliphatic carboxylic acids is 1. The van der Waals surface area contributed by atoms with E-state index in [1.807, 2.05) is 0 Å². The Morgan fingerprint density at radius 3 is 1.26 bits per heavy atom. The molecule has 0 fully saturated rings. The van der Waals surface area contributed by atoms with Crippen molar-refractivity contribution in [3.05, 3.63) is 48.6 Å². The maximum atomic E-state index is 12.8. The van der Waals surface area contributed by atoms with Gasteiger partial charge in [0.25, 0.3) is 0 Å². The maximum absolute atomic E-state index is 12.8. The number of esters is 1. The summed E-state index contributed by atoms with van der Waals surface area (Å²) in [5.41, 5.74) is 0. The molecule has 0 aliphatic carbocycles. The van der Waals surface area contributed by atoms with E-state index in [1.54, 1.807) is 0 Å². The molecule has 0 saturated heterocycles. The van der Waals surface area contributed by atoms with Gasteiger partial charge < -0.3 is 15.2 Å². The Labute approximate surface area is 359 Å². The number of amides is 1. The van der Waals surface area contributed by atoms with E-state index in [4.69, 9.17) is 9.84 Å². The minimum Gasteiger partial charge on any atom is -0.480 e. The van der Waals surface area contributed by atoms with Crippen molar-refractivity contribution in [3.63, 3.8) is 0 Å². The van der Waals surface area contributed by atoms with Crippen molar-refractivity contribution in [1.29, 1.82) is 0 Å². The van der Waals surface area contributed by atoms with Gasteiger partial charge in [0.05, 0.1) is 0 Å². The molecule has 0 rings (SSSR count). The van der Waals surface area contributed by atoms with Crippen molar-refractivity contribution in [1.82, 2.24) is 5.32 Å². The zero-order valence-corrected chi connectivity index (χ0v) is 38.1. The van der Waals surface area contributed by atoms with E-state index in [9.17, 15) is 14.4 Å². The van der Waals surface area contributed by atoms with Crippen LogP contribution < -0.4 is 5.32 Å². The van der Waals surface area contributed by atoms with Gasteiger partial charge in [-0.2, -0.15) is 0 Å². The number of hydrogen-bond donors (Lipinski definition) is 2. The smallest absolute Gasteiger partial charge is 0.322 e. The fourth-order valence-electron chi connectivity index (χ4n) is 7.29. The molecule has 6 nitrogen and oxygen atoms in total. The third kappa shape index (κ3) is 46.1. The van der Waals surface area contributed by atoms with Crippen LogP contribution in [0.5, 0.6) is 0 Å². The molecule has 336 valence electrons. The molecular formula is C52H93NO5. The molecule has 1 unspecified atom stereocenters. The van der Waals surface area contributed by atoms with Gasteiger partial charge in [0, 0.05) is 12.8 Å². The second-order valence-corrected chi connectivity index (χ2v) is 16.7. The maximum Gasteiger partial charge on any atom is 0.322 e. The first-order valence-corrected chi connectivity index (χ1v) is 24.8. The molecule has 0 saturated carbocycles. The number of unbranched alkanes of at least 4 members (excludes halogenated alkanes) is 26. The van der Waals surface area contributed by atoms with Crippen LogP contribution in [-0.4, -0.2) is 35.6 Å². The molecule has 2 N–H and O–H groups in total. The van der Waals surface area contributed by atoms with Crippen molar-refractivity contribution in [2.24, 2.45) is 0 Å². The molecular weight excluding hydrogens is 719 g/mol. The van der Waals surface area contributed by atoms with Crippen LogP contribution in [-0.2, 0) is 19.1 Å². The highest BCUT2D eigenvalue weighted by molar-refractivity contribution is 5.80. The van der Waals surface area contributed by atoms with Crippen molar-refractivity contribution in [2.75, 3.05) is 6.54 Å². The molecule has 0 aliphatic rings. The number of nitrogens with one attached hydrogen (secondary N) is 1. The lowest BCUT2D eigenvalue weighted by Gasteiger charge is -2.18. The van der Waals surface area contributed by atoms with Crippen molar-refractivity contribution < 1.29 is 24.2 Å². The summed E-state index contributed by atoms with van der Waals surface area (Å²) in [5.74, 6) is -1.26. The van der Waals surface area contributed by atoms with E-state index in [1.165, 1.54) is 141 Å². The molecule has 58 heavy (non-hydrogen) atoms. The molecule has 0 aromatic heterocycles. The van der Waals surface area contributed by atoms with E-state index in [2.05, 4.69) is 67.8 Å². The number of carbonyl (C=O) groups is 3. The highest BCUT2D eigenvalue weighted by Gasteiger charge is 2.14. The molecule has 0 aromatic rings. The molecule has 0 aliphatic heterocycles. The topological polar surface area (TPSA) is 92.7 Å². The highest BCUT2D eigenvalue weighted by atomic mass is 16.5. The van der Waals surface area contributed by atoms with E-state index in [0.717, 1.165) is 83.5 Å². The second kappa shape index (κ2) is 47.1. The lowest BCUT2D eigenvalue weighted by molar-refractivity contribution is -0.150. The normalized spacial score (nSPS) is 12.4. The van der Waals surface area contributed by atoms with Gasteiger partial charge in [0.2, 0.25) is 5.91 Å². The second-order valence-electron chi connectivity index (χ2n) is 16.7. The SMILES string of the molecule is CCCCCCC/C=C\C/C=C\CCCCCCCCCCCCCC(=O)OC(CCC/C=C\C/C=C\CCCCCCC)CCCCCCCC(=O)NCC(=O)O. The number of carboxylic acids is 1. The summed E-state index contributed by atoms with van der Waals surface area (Å²) < 4.78 is 6.03. The summed E-state index contributed by atoms with van der Waals surface area (Å²) in [7, 11) is 0. The summed E-state index contributed by atoms with van der Waals surface area (Å²) in [6, 6.07) is 0. The Hall–Kier alpha value is -2.63. The summed E-state index contributed by atoms with van der Waals surface area (Å²) in [5, 5.41) is 11.1. The first-order valence-electron chi connectivity index (χ1n) is 24.8. The van der Waals surface area contributed by atoms with Crippen LogP contribution in [0.3, 0.4) is 0 Å². The number of ether oxygens (including phenoxy) is 1. The Balaban J connectivity index is 4.10. The van der Waals surface area contributed by atoms with Crippen LogP contribution >= 0.6 is 0 Å². The van der Waals surface area contributed by atoms with Gasteiger partial charge in [-0.1, -0.05) is 191 Å². The minimum absolute atomic E-state index is 0.0197. The predicted octanol–water partition coefficient (Wildman–Crippen LogP) is 15.8.